The number of carbonyl (C=O) groups is 7. The maximum absolute atomic E-state index is 14.1. The maximum Gasteiger partial charge on any atom is 1.00 e. The van der Waals surface area contributed by atoms with Gasteiger partial charge in [-0.25, -0.2) is 27.2 Å². The Bertz CT molecular complexity index is 4010. The molecule has 0 unspecified atom stereocenters. The van der Waals surface area contributed by atoms with Crippen molar-refractivity contribution in [2.75, 3.05) is 24.6 Å². The van der Waals surface area contributed by atoms with E-state index in [9.17, 15) is 81.3 Å². The number of Topliss-reactive ketones (excluding diaryl/α,β-unsaturated/α-hetero) is 2. The number of aromatic hydroxyl groups is 1. The number of ketones is 2. The Morgan fingerprint density at radius 2 is 1.09 bits per heavy atom. The third-order valence-electron chi connectivity index (χ3n) is 14.9. The van der Waals surface area contributed by atoms with Crippen LogP contribution in [0.1, 0.15) is 93.8 Å². The fraction of sp³-hybridized carbons (Fsp3) is 0.305. The first kappa shape index (κ1) is 78.8. The van der Waals surface area contributed by atoms with E-state index >= 15 is 0 Å². The predicted octanol–water partition coefficient (Wildman–Crippen LogP) is 1.10. The maximum atomic E-state index is 14.1. The van der Waals surface area contributed by atoms with Crippen molar-refractivity contribution in [3.8, 4) is 23.0 Å². The van der Waals surface area contributed by atoms with Crippen LogP contribution in [0.3, 0.4) is 0 Å². The second kappa shape index (κ2) is 35.9. The molecule has 4 aliphatic heterocycles. The van der Waals surface area contributed by atoms with E-state index in [1.165, 1.54) is 64.0 Å². The molecular formula is C59H53F4IK2N6O23. The molecule has 2 fully saturated rings. The summed E-state index contributed by atoms with van der Waals surface area (Å²) < 4.78 is 93.2. The van der Waals surface area contributed by atoms with Crippen molar-refractivity contribution in [1.29, 1.82) is 0 Å². The summed E-state index contributed by atoms with van der Waals surface area (Å²) in [6, 6.07) is 15.4. The molecule has 2 amide bonds. The zero-order chi connectivity index (χ0) is 67.9. The number of nitro groups is 2. The number of nitro benzene ring substituents is 2. The minimum Gasteiger partial charge on any atom is -1.00 e. The van der Waals surface area contributed by atoms with E-state index in [2.05, 4.69) is 20.3 Å². The third kappa shape index (κ3) is 19.7. The molecule has 4 aliphatic rings. The SMILES string of the molecule is C[C@]12CCCO[C@H]1Cn1cc(C(=O)NCc3ccc(F)cc3F)c(=O)c(O)c1C2=O.C[C@]12CCCO[C@H]1Cn1cc(C(=O)NCc3ccc(F)cc3F)c(=O)c(OCOC(=O)Oc3ccc([N+](=O)[O-])cc3)c1C2=O.O=C(OCI)Oc1ccc([N+](=O)[O-])cc1.O=CO[O-].[H-].[K+].[K+]. The molecule has 0 aliphatic carbocycles. The molecule has 0 saturated carbocycles. The summed E-state index contributed by atoms with van der Waals surface area (Å²) in [5.74, 6) is -7.11. The number of nitrogens with zero attached hydrogens (tertiary/aromatic N) is 4. The van der Waals surface area contributed by atoms with Crippen LogP contribution in [-0.4, -0.2) is 103 Å². The summed E-state index contributed by atoms with van der Waals surface area (Å²) in [5, 5.41) is 44.8. The van der Waals surface area contributed by atoms with Gasteiger partial charge in [0.05, 0.1) is 46.0 Å². The molecule has 0 bridgehead atoms. The van der Waals surface area contributed by atoms with Crippen LogP contribution in [0, 0.1) is 54.3 Å². The summed E-state index contributed by atoms with van der Waals surface area (Å²) in [4.78, 5) is 133. The Balaban J connectivity index is 0.000000325. The monoisotopic (exact) mass is 1490 g/mol. The van der Waals surface area contributed by atoms with Crippen molar-refractivity contribution in [2.24, 2.45) is 10.8 Å². The Morgan fingerprint density at radius 3 is 1.51 bits per heavy atom. The van der Waals surface area contributed by atoms with Crippen molar-refractivity contribution in [2.45, 2.75) is 77.9 Å². The van der Waals surface area contributed by atoms with Crippen molar-refractivity contribution < 1.29 is 214 Å². The van der Waals surface area contributed by atoms with E-state index in [4.69, 9.17) is 38.5 Å². The number of benzene rings is 4. The molecule has 6 aromatic rings. The van der Waals surface area contributed by atoms with Gasteiger partial charge in [-0.15, -0.1) is 0 Å². The van der Waals surface area contributed by atoms with Gasteiger partial charge in [0.25, 0.3) is 29.7 Å². The van der Waals surface area contributed by atoms with Crippen LogP contribution in [0.5, 0.6) is 23.0 Å². The quantitative estimate of drug-likeness (QED) is 0.0111. The molecule has 95 heavy (non-hydrogen) atoms. The number of halogens is 5. The zero-order valence-electron chi connectivity index (χ0n) is 51.6. The Kier molecular flexibility index (Phi) is 29.8. The number of hydrogen-bond donors (Lipinski definition) is 3. The van der Waals surface area contributed by atoms with Gasteiger partial charge in [-0.3, -0.25) is 53.8 Å². The molecule has 3 N–H and O–H groups in total. The number of nitrogens with one attached hydrogen (secondary N) is 2. The van der Waals surface area contributed by atoms with Crippen LogP contribution in [0.4, 0.5) is 38.5 Å². The fourth-order valence-corrected chi connectivity index (χ4v) is 10.3. The van der Waals surface area contributed by atoms with E-state index in [-0.39, 0.29) is 192 Å². The minimum atomic E-state index is -1.28. The standard InChI is InChI=1S/C29H25F2N3O10.C21H20F2N2O5.C8H6INO5.CH2O3.2K.H/c1-29-9-2-10-41-22(29)14-33-13-20(27(37)32-12-16-3-4-17(30)11-21(16)31)24(35)25(23(33)26(29)36)42-15-43-28(38)44-19-7-5-18(6-8-19)34(39)40;1-21-5-2-6-30-15(21)10-25-9-13(17(26)18(27)16(25)19(21)28)20(29)24-8-11-3-4-12(22)7-14(11)23;9-5-14-8(11)15-7-3-1-6(2-4-7)10(12)13;2-1-4-3;;;/h3-8,11,13,22H,2,9-10,12,14-15H2,1H3,(H,32,37);3-4,7,9,15,27H,2,5-6,8,10H2,1H3,(H,24,29);1-4H,5H2;1,3H;;;/q;;;;2*+1;-1/p-1/t22-,29-;15-,21-;;;;;/m00...../s1. The Hall–Kier alpha value is -6.93. The Morgan fingerprint density at radius 1 is 0.684 bits per heavy atom. The topological polar surface area (TPSA) is 391 Å². The summed E-state index contributed by atoms with van der Waals surface area (Å²) in [6.45, 7) is 2.97. The average molecular weight is 1500 g/mol. The van der Waals surface area contributed by atoms with Crippen LogP contribution in [0.2, 0.25) is 0 Å². The summed E-state index contributed by atoms with van der Waals surface area (Å²) in [5.41, 5.74) is -5.20. The van der Waals surface area contributed by atoms with Gasteiger partial charge in [-0.1, -0.05) is 12.1 Å². The van der Waals surface area contributed by atoms with Crippen LogP contribution < -0.4 is 144 Å². The van der Waals surface area contributed by atoms with Gasteiger partial charge < -0.3 is 69.6 Å². The molecule has 10 rings (SSSR count). The van der Waals surface area contributed by atoms with Gasteiger partial charge in [-0.2, -0.15) is 0 Å². The van der Waals surface area contributed by atoms with Crippen LogP contribution in [0.25, 0.3) is 0 Å². The van der Waals surface area contributed by atoms with Crippen molar-refractivity contribution in [3.63, 3.8) is 0 Å². The number of amides is 2. The Labute approximate surface area is 633 Å². The smallest absolute Gasteiger partial charge is 1.00 e. The van der Waals surface area contributed by atoms with E-state index in [0.29, 0.717) is 51.0 Å². The van der Waals surface area contributed by atoms with Gasteiger partial charge in [0.2, 0.25) is 17.7 Å². The first-order chi connectivity index (χ1) is 44.2. The first-order valence-corrected chi connectivity index (χ1v) is 28.9. The van der Waals surface area contributed by atoms with Crippen LogP contribution in [-0.2, 0) is 54.8 Å². The third-order valence-corrected chi connectivity index (χ3v) is 15.2. The number of carbonyl (C=O) groups excluding carboxylic acids is 7. The molecule has 2 saturated heterocycles. The van der Waals surface area contributed by atoms with E-state index in [1.807, 2.05) is 22.6 Å². The van der Waals surface area contributed by atoms with E-state index in [0.717, 1.165) is 30.3 Å². The summed E-state index contributed by atoms with van der Waals surface area (Å²) in [7, 11) is 0. The number of ether oxygens (including phenoxy) is 7. The number of aromatic nitrogens is 2. The first-order valence-electron chi connectivity index (χ1n) is 27.3. The molecule has 494 valence electrons. The van der Waals surface area contributed by atoms with E-state index in [1.54, 1.807) is 13.8 Å². The number of non-ortho nitro benzene ring substituents is 2. The predicted molar refractivity (Wildman–Crippen MR) is 314 cm³/mol. The second-order valence-corrected chi connectivity index (χ2v) is 21.4. The number of alkyl halides is 1. The van der Waals surface area contributed by atoms with Gasteiger partial charge >= 0.3 is 115 Å². The van der Waals surface area contributed by atoms with Crippen LogP contribution >= 0.6 is 22.6 Å². The molecule has 4 atom stereocenters. The van der Waals surface area contributed by atoms with Crippen molar-refractivity contribution >= 4 is 76.1 Å². The summed E-state index contributed by atoms with van der Waals surface area (Å²) in [6.07, 6.45) is 1.66. The summed E-state index contributed by atoms with van der Waals surface area (Å²) >= 11 is 1.85. The molecule has 0 radical (unpaired) electrons. The van der Waals surface area contributed by atoms with Crippen LogP contribution in [0.15, 0.2) is 107 Å². The largest absolute Gasteiger partial charge is 1.00 e. The zero-order valence-corrected chi connectivity index (χ0v) is 59.0. The molecule has 36 heteroatoms. The molecule has 4 aromatic carbocycles. The van der Waals surface area contributed by atoms with E-state index < -0.39 is 127 Å². The fourth-order valence-electron chi connectivity index (χ4n) is 10.0. The van der Waals surface area contributed by atoms with Crippen molar-refractivity contribution in [1.82, 2.24) is 19.8 Å². The van der Waals surface area contributed by atoms with Gasteiger partial charge in [0, 0.05) is 86.2 Å². The second-order valence-electron chi connectivity index (χ2n) is 20.7. The normalized spacial score (nSPS) is 17.7. The number of fused-ring (bicyclic) bond motifs is 4. The number of hydrogen-bond acceptors (Lipinski definition) is 23. The van der Waals surface area contributed by atoms with Gasteiger partial charge in [-0.05, 0) is 98.5 Å². The molecule has 29 nitrogen and oxygen atoms in total. The molecule has 2 aromatic heterocycles. The molecule has 6 heterocycles. The van der Waals surface area contributed by atoms with Crippen molar-refractivity contribution in [3.05, 3.63) is 195 Å². The van der Waals surface area contributed by atoms with Gasteiger partial charge in [0.1, 0.15) is 61.9 Å². The number of pyridine rings is 2. The average Bonchev–Trinajstić information content (AvgIpc) is 0.740. The molecular weight excluding hydrogens is 1440 g/mol. The minimum absolute atomic E-state index is 0. The number of rotatable bonds is 15. The molecule has 0 spiro atoms. The van der Waals surface area contributed by atoms with Gasteiger partial charge in [0.15, 0.2) is 23.1 Å².